The van der Waals surface area contributed by atoms with E-state index >= 15 is 0 Å². The Morgan fingerprint density at radius 1 is 1.26 bits per heavy atom. The quantitative estimate of drug-likeness (QED) is 0.713. The van der Waals surface area contributed by atoms with Crippen molar-refractivity contribution >= 4 is 11.8 Å². The predicted octanol–water partition coefficient (Wildman–Crippen LogP) is 1.09. The minimum absolute atomic E-state index is 0.0701. The lowest BCUT2D eigenvalue weighted by Crippen LogP contribution is -2.22. The first-order valence-corrected chi connectivity index (χ1v) is 6.02. The Morgan fingerprint density at radius 2 is 1.95 bits per heavy atom. The summed E-state index contributed by atoms with van der Waals surface area (Å²) in [5.41, 5.74) is 1.00. The summed E-state index contributed by atoms with van der Waals surface area (Å²) in [5.74, 6) is -0.839. The zero-order chi connectivity index (χ0) is 14.1. The van der Waals surface area contributed by atoms with Gasteiger partial charge in [-0.25, -0.2) is 0 Å². The number of hydrogen-bond donors (Lipinski definition) is 1. The van der Waals surface area contributed by atoms with Gasteiger partial charge in [-0.15, -0.1) is 0 Å². The first-order valence-electron chi connectivity index (χ1n) is 6.02. The Bertz CT molecular complexity index is 402. The second-order valence-electron chi connectivity index (χ2n) is 4.18. The van der Waals surface area contributed by atoms with Gasteiger partial charge in [-0.1, -0.05) is 30.3 Å². The molecule has 0 fully saturated rings. The maximum Gasteiger partial charge on any atom is 0.303 e. The van der Waals surface area contributed by atoms with Crippen LogP contribution in [-0.2, 0) is 25.7 Å². The van der Waals surface area contributed by atoms with E-state index in [-0.39, 0.29) is 25.4 Å². The van der Waals surface area contributed by atoms with Gasteiger partial charge in [-0.3, -0.25) is 9.59 Å². The molecular formula is C14H18O5. The fourth-order valence-corrected chi connectivity index (χ4v) is 1.45. The van der Waals surface area contributed by atoms with Crippen LogP contribution in [0.25, 0.3) is 0 Å². The van der Waals surface area contributed by atoms with Crippen molar-refractivity contribution in [2.24, 2.45) is 0 Å². The number of ketones is 1. The molecule has 1 aromatic rings. The number of esters is 1. The van der Waals surface area contributed by atoms with Crippen molar-refractivity contribution in [2.45, 2.75) is 26.1 Å². The van der Waals surface area contributed by atoms with Crippen LogP contribution in [0.5, 0.6) is 0 Å². The summed E-state index contributed by atoms with van der Waals surface area (Å²) in [6, 6.07) is 9.54. The Kier molecular flexibility index (Phi) is 6.78. The molecule has 104 valence electrons. The molecule has 19 heavy (non-hydrogen) atoms. The maximum absolute atomic E-state index is 11.3. The lowest BCUT2D eigenvalue weighted by atomic mass is 10.2. The van der Waals surface area contributed by atoms with Crippen LogP contribution in [0.1, 0.15) is 18.9 Å². The van der Waals surface area contributed by atoms with Crippen molar-refractivity contribution in [1.29, 1.82) is 0 Å². The van der Waals surface area contributed by atoms with E-state index in [0.717, 1.165) is 5.56 Å². The molecule has 0 bridgehead atoms. The van der Waals surface area contributed by atoms with Crippen LogP contribution in [0.15, 0.2) is 30.3 Å². The lowest BCUT2D eigenvalue weighted by Gasteiger charge is -2.10. The van der Waals surface area contributed by atoms with Gasteiger partial charge in [0.15, 0.2) is 5.78 Å². The van der Waals surface area contributed by atoms with E-state index in [1.807, 2.05) is 30.3 Å². The number of aliphatic hydroxyl groups is 1. The molecular weight excluding hydrogens is 248 g/mol. The van der Waals surface area contributed by atoms with Gasteiger partial charge in [-0.2, -0.15) is 0 Å². The molecule has 0 radical (unpaired) electrons. The third kappa shape index (κ3) is 7.33. The summed E-state index contributed by atoms with van der Waals surface area (Å²) in [6.07, 6.45) is -0.964. The number of carbonyl (C=O) groups is 2. The van der Waals surface area contributed by atoms with Crippen molar-refractivity contribution in [1.82, 2.24) is 0 Å². The van der Waals surface area contributed by atoms with Gasteiger partial charge in [0, 0.05) is 13.3 Å². The van der Waals surface area contributed by atoms with Crippen molar-refractivity contribution in [2.75, 3.05) is 13.2 Å². The highest BCUT2D eigenvalue weighted by Crippen LogP contribution is 2.02. The molecule has 0 unspecified atom stereocenters. The van der Waals surface area contributed by atoms with Gasteiger partial charge in [0.05, 0.1) is 19.3 Å². The number of hydrogen-bond acceptors (Lipinski definition) is 5. The first-order chi connectivity index (χ1) is 9.08. The molecule has 0 aliphatic carbocycles. The molecule has 1 aromatic carbocycles. The van der Waals surface area contributed by atoms with E-state index in [4.69, 9.17) is 4.74 Å². The third-order valence-electron chi connectivity index (χ3n) is 2.32. The molecule has 1 N–H and O–H groups in total. The fourth-order valence-electron chi connectivity index (χ4n) is 1.45. The standard InChI is InChI=1S/C14H18O5/c1-11(15)19-10-14(17)7-13(16)9-18-8-12-5-3-2-4-6-12/h2-6,13,16H,7-10H2,1H3/t13-/m1/s1. The second-order valence-corrected chi connectivity index (χ2v) is 4.18. The summed E-state index contributed by atoms with van der Waals surface area (Å²) in [4.78, 5) is 21.8. The van der Waals surface area contributed by atoms with E-state index < -0.39 is 12.1 Å². The van der Waals surface area contributed by atoms with Gasteiger partial charge in [-0.05, 0) is 5.56 Å². The van der Waals surface area contributed by atoms with Crippen LogP contribution >= 0.6 is 0 Å². The van der Waals surface area contributed by atoms with Gasteiger partial charge in [0.2, 0.25) is 0 Å². The van der Waals surface area contributed by atoms with Gasteiger partial charge in [0.25, 0.3) is 0 Å². The average molecular weight is 266 g/mol. The second kappa shape index (κ2) is 8.39. The van der Waals surface area contributed by atoms with Crippen LogP contribution in [0.3, 0.4) is 0 Å². The molecule has 0 aliphatic heterocycles. The van der Waals surface area contributed by atoms with Crippen LogP contribution in [0, 0.1) is 0 Å². The Balaban J connectivity index is 2.15. The van der Waals surface area contributed by atoms with Crippen LogP contribution in [0.4, 0.5) is 0 Å². The molecule has 0 aliphatic rings. The van der Waals surface area contributed by atoms with Crippen molar-refractivity contribution in [3.05, 3.63) is 35.9 Å². The zero-order valence-corrected chi connectivity index (χ0v) is 10.9. The smallest absolute Gasteiger partial charge is 0.303 e. The molecule has 5 nitrogen and oxygen atoms in total. The van der Waals surface area contributed by atoms with Crippen LogP contribution in [0.2, 0.25) is 0 Å². The van der Waals surface area contributed by atoms with Gasteiger partial charge < -0.3 is 14.6 Å². The summed E-state index contributed by atoms with van der Waals surface area (Å²) < 4.78 is 9.84. The Hall–Kier alpha value is -1.72. The van der Waals surface area contributed by atoms with E-state index in [1.54, 1.807) is 0 Å². The first kappa shape index (κ1) is 15.3. The fraction of sp³-hybridized carbons (Fsp3) is 0.429. The van der Waals surface area contributed by atoms with Crippen LogP contribution < -0.4 is 0 Å². The summed E-state index contributed by atoms with van der Waals surface area (Å²) in [6.45, 7) is 1.38. The topological polar surface area (TPSA) is 72.8 Å². The largest absolute Gasteiger partial charge is 0.458 e. The minimum atomic E-state index is -0.883. The molecule has 5 heteroatoms. The minimum Gasteiger partial charge on any atom is -0.458 e. The Labute approximate surface area is 112 Å². The van der Waals surface area contributed by atoms with Crippen molar-refractivity contribution in [3.8, 4) is 0 Å². The van der Waals surface area contributed by atoms with Crippen molar-refractivity contribution in [3.63, 3.8) is 0 Å². The molecule has 0 aromatic heterocycles. The monoisotopic (exact) mass is 266 g/mol. The number of Topliss-reactive ketones (excluding diaryl/α,β-unsaturated/α-hetero) is 1. The highest BCUT2D eigenvalue weighted by molar-refractivity contribution is 5.82. The SMILES string of the molecule is CC(=O)OCC(=O)C[C@@H](O)COCc1ccccc1. The summed E-state index contributed by atoms with van der Waals surface area (Å²) in [5, 5.41) is 9.58. The number of ether oxygens (including phenoxy) is 2. The molecule has 0 spiro atoms. The predicted molar refractivity (Wildman–Crippen MR) is 68.4 cm³/mol. The maximum atomic E-state index is 11.3. The Morgan fingerprint density at radius 3 is 2.58 bits per heavy atom. The van der Waals surface area contributed by atoms with E-state index in [0.29, 0.717) is 6.61 Å². The van der Waals surface area contributed by atoms with Crippen LogP contribution in [-0.4, -0.2) is 36.2 Å². The van der Waals surface area contributed by atoms with Gasteiger partial charge >= 0.3 is 5.97 Å². The molecule has 1 rings (SSSR count). The molecule has 0 saturated heterocycles. The summed E-state index contributed by atoms with van der Waals surface area (Å²) in [7, 11) is 0. The van der Waals surface area contributed by atoms with E-state index in [2.05, 4.69) is 4.74 Å². The van der Waals surface area contributed by atoms with Crippen molar-refractivity contribution < 1.29 is 24.2 Å². The van der Waals surface area contributed by atoms with E-state index in [9.17, 15) is 14.7 Å². The molecule has 0 heterocycles. The molecule has 0 saturated carbocycles. The lowest BCUT2D eigenvalue weighted by molar-refractivity contribution is -0.146. The number of rotatable bonds is 8. The number of aliphatic hydroxyl groups excluding tert-OH is 1. The zero-order valence-electron chi connectivity index (χ0n) is 10.9. The highest BCUT2D eigenvalue weighted by Gasteiger charge is 2.12. The molecule has 1 atom stereocenters. The molecule has 0 amide bonds. The summed E-state index contributed by atoms with van der Waals surface area (Å²) >= 11 is 0. The number of carbonyl (C=O) groups excluding carboxylic acids is 2. The average Bonchev–Trinajstić information content (AvgIpc) is 2.37. The van der Waals surface area contributed by atoms with E-state index in [1.165, 1.54) is 6.92 Å². The normalized spacial score (nSPS) is 11.9. The number of benzene rings is 1. The highest BCUT2D eigenvalue weighted by atomic mass is 16.5. The third-order valence-corrected chi connectivity index (χ3v) is 2.32. The van der Waals surface area contributed by atoms with Gasteiger partial charge in [0.1, 0.15) is 6.61 Å².